The molecule has 0 bridgehead atoms. The molecule has 0 saturated carbocycles. The van der Waals surface area contributed by atoms with Crippen LogP contribution in [0.1, 0.15) is 42.2 Å². The van der Waals surface area contributed by atoms with Crippen molar-refractivity contribution in [2.75, 3.05) is 19.0 Å². The Kier molecular flexibility index (Phi) is 4.34. The summed E-state index contributed by atoms with van der Waals surface area (Å²) in [5, 5.41) is 3.02. The van der Waals surface area contributed by atoms with E-state index in [-0.39, 0.29) is 17.9 Å². The lowest BCUT2D eigenvalue weighted by atomic mass is 9.73. The molecule has 1 N–H and O–H groups in total. The van der Waals surface area contributed by atoms with E-state index in [0.717, 1.165) is 24.1 Å². The summed E-state index contributed by atoms with van der Waals surface area (Å²) < 4.78 is 5.22. The van der Waals surface area contributed by atoms with Crippen LogP contribution in [0.4, 0.5) is 5.69 Å². The molecule has 140 valence electrons. The summed E-state index contributed by atoms with van der Waals surface area (Å²) >= 11 is 0. The number of pyridine rings is 1. The fourth-order valence-electron chi connectivity index (χ4n) is 4.52. The van der Waals surface area contributed by atoms with Crippen LogP contribution in [0.25, 0.3) is 0 Å². The molecule has 1 spiro atoms. The van der Waals surface area contributed by atoms with E-state index in [9.17, 15) is 9.59 Å². The van der Waals surface area contributed by atoms with Gasteiger partial charge in [-0.3, -0.25) is 14.6 Å². The van der Waals surface area contributed by atoms with Crippen LogP contribution in [-0.4, -0.2) is 41.4 Å². The van der Waals surface area contributed by atoms with E-state index in [2.05, 4.69) is 17.2 Å². The van der Waals surface area contributed by atoms with Crippen LogP contribution in [0.3, 0.4) is 0 Å². The predicted molar refractivity (Wildman–Crippen MR) is 102 cm³/mol. The first kappa shape index (κ1) is 17.5. The number of carbonyl (C=O) groups excluding carboxylic acids is 2. The molecule has 0 aliphatic carbocycles. The lowest BCUT2D eigenvalue weighted by Crippen LogP contribution is -2.48. The minimum absolute atomic E-state index is 0.00366. The molecule has 3 heterocycles. The Bertz CT molecular complexity index is 898. The van der Waals surface area contributed by atoms with Gasteiger partial charge in [-0.2, -0.15) is 0 Å². The molecule has 0 radical (unpaired) electrons. The number of anilines is 1. The van der Waals surface area contributed by atoms with Crippen molar-refractivity contribution in [3.8, 4) is 5.75 Å². The number of benzene rings is 1. The van der Waals surface area contributed by atoms with Crippen LogP contribution in [-0.2, 0) is 10.2 Å². The normalized spacial score (nSPS) is 23.4. The van der Waals surface area contributed by atoms with Gasteiger partial charge in [-0.1, -0.05) is 31.5 Å². The van der Waals surface area contributed by atoms with E-state index in [4.69, 9.17) is 4.74 Å². The summed E-state index contributed by atoms with van der Waals surface area (Å²) in [7, 11) is 1.56. The van der Waals surface area contributed by atoms with Crippen molar-refractivity contribution in [1.29, 1.82) is 0 Å². The number of amides is 2. The highest BCUT2D eigenvalue weighted by atomic mass is 16.5. The van der Waals surface area contributed by atoms with Gasteiger partial charge in [0.2, 0.25) is 5.91 Å². The fraction of sp³-hybridized carbons (Fsp3) is 0.381. The number of hydrogen-bond donors (Lipinski definition) is 1. The molecule has 2 atom stereocenters. The monoisotopic (exact) mass is 365 g/mol. The Balaban J connectivity index is 1.74. The standard InChI is InChI=1S/C21H23N3O3/c1-3-6-18-21(15-7-4-5-8-16(15)23-20(21)26)10-12-24(18)19(25)17-13-14(27-2)9-11-22-17/h4-5,7-9,11,13,18H,3,6,10,12H2,1-2H3,(H,23,26)/t18-,21+/m0/s1. The molecule has 6 heteroatoms. The molecule has 2 aliphatic heterocycles. The van der Waals surface area contributed by atoms with E-state index in [0.29, 0.717) is 24.4 Å². The van der Waals surface area contributed by atoms with Crippen LogP contribution < -0.4 is 10.1 Å². The molecule has 1 aromatic carbocycles. The summed E-state index contributed by atoms with van der Waals surface area (Å²) in [6, 6.07) is 11.0. The average molecular weight is 365 g/mol. The second-order valence-electron chi connectivity index (χ2n) is 7.10. The molecule has 0 unspecified atom stereocenters. The predicted octanol–water partition coefficient (Wildman–Crippen LogP) is 2.99. The zero-order valence-corrected chi connectivity index (χ0v) is 15.6. The van der Waals surface area contributed by atoms with Gasteiger partial charge in [0.25, 0.3) is 5.91 Å². The van der Waals surface area contributed by atoms with Gasteiger partial charge in [-0.15, -0.1) is 0 Å². The van der Waals surface area contributed by atoms with Gasteiger partial charge < -0.3 is 15.0 Å². The van der Waals surface area contributed by atoms with Crippen LogP contribution in [0.2, 0.25) is 0 Å². The molecule has 6 nitrogen and oxygen atoms in total. The largest absolute Gasteiger partial charge is 0.497 e. The number of methoxy groups -OCH3 is 1. The zero-order chi connectivity index (χ0) is 19.0. The number of hydrogen-bond acceptors (Lipinski definition) is 4. The van der Waals surface area contributed by atoms with E-state index < -0.39 is 5.41 Å². The molecule has 2 aromatic rings. The van der Waals surface area contributed by atoms with E-state index in [1.54, 1.807) is 25.4 Å². The average Bonchev–Trinajstić information content (AvgIpc) is 3.21. The molecule has 4 rings (SSSR count). The molecule has 1 aromatic heterocycles. The third-order valence-electron chi connectivity index (χ3n) is 5.76. The highest BCUT2D eigenvalue weighted by molar-refractivity contribution is 6.08. The minimum Gasteiger partial charge on any atom is -0.497 e. The smallest absolute Gasteiger partial charge is 0.272 e. The summed E-state index contributed by atoms with van der Waals surface area (Å²) in [6.45, 7) is 2.61. The van der Waals surface area contributed by atoms with Crippen LogP contribution in [0.15, 0.2) is 42.6 Å². The molecule has 1 fully saturated rings. The number of likely N-dealkylation sites (tertiary alicyclic amines) is 1. The number of fused-ring (bicyclic) bond motifs is 2. The lowest BCUT2D eigenvalue weighted by molar-refractivity contribution is -0.121. The zero-order valence-electron chi connectivity index (χ0n) is 15.6. The lowest BCUT2D eigenvalue weighted by Gasteiger charge is -2.33. The second kappa shape index (κ2) is 6.68. The van der Waals surface area contributed by atoms with Gasteiger partial charge in [0, 0.05) is 24.5 Å². The van der Waals surface area contributed by atoms with Crippen molar-refractivity contribution in [3.05, 3.63) is 53.9 Å². The molecule has 2 amide bonds. The van der Waals surface area contributed by atoms with E-state index >= 15 is 0 Å². The van der Waals surface area contributed by atoms with Gasteiger partial charge in [0.05, 0.1) is 18.6 Å². The van der Waals surface area contributed by atoms with Crippen LogP contribution in [0.5, 0.6) is 5.75 Å². The van der Waals surface area contributed by atoms with E-state index in [1.807, 2.05) is 29.2 Å². The fourth-order valence-corrected chi connectivity index (χ4v) is 4.52. The molecule has 1 saturated heterocycles. The first-order chi connectivity index (χ1) is 13.1. The Hall–Kier alpha value is -2.89. The Labute approximate surface area is 158 Å². The number of carbonyl (C=O) groups is 2. The first-order valence-corrected chi connectivity index (χ1v) is 9.33. The summed E-state index contributed by atoms with van der Waals surface area (Å²) in [6.07, 6.45) is 3.84. The van der Waals surface area contributed by atoms with Crippen molar-refractivity contribution >= 4 is 17.5 Å². The van der Waals surface area contributed by atoms with Crippen LogP contribution in [0, 0.1) is 0 Å². The maximum absolute atomic E-state index is 13.2. The van der Waals surface area contributed by atoms with Crippen molar-refractivity contribution in [3.63, 3.8) is 0 Å². The Morgan fingerprint density at radius 1 is 1.37 bits per heavy atom. The van der Waals surface area contributed by atoms with Gasteiger partial charge in [-0.25, -0.2) is 0 Å². The second-order valence-corrected chi connectivity index (χ2v) is 7.10. The van der Waals surface area contributed by atoms with Gasteiger partial charge >= 0.3 is 0 Å². The summed E-state index contributed by atoms with van der Waals surface area (Å²) in [5.41, 5.74) is 1.53. The maximum atomic E-state index is 13.2. The molecule has 27 heavy (non-hydrogen) atoms. The van der Waals surface area contributed by atoms with Crippen molar-refractivity contribution in [2.24, 2.45) is 0 Å². The highest BCUT2D eigenvalue weighted by Gasteiger charge is 2.58. The topological polar surface area (TPSA) is 71.5 Å². The minimum atomic E-state index is -0.679. The number of aromatic nitrogens is 1. The van der Waals surface area contributed by atoms with E-state index in [1.165, 1.54) is 0 Å². The van der Waals surface area contributed by atoms with Gasteiger partial charge in [0.15, 0.2) is 0 Å². The number of nitrogens with zero attached hydrogens (tertiary/aromatic N) is 2. The third-order valence-corrected chi connectivity index (χ3v) is 5.76. The number of ether oxygens (including phenoxy) is 1. The maximum Gasteiger partial charge on any atom is 0.272 e. The van der Waals surface area contributed by atoms with Crippen molar-refractivity contribution in [1.82, 2.24) is 9.88 Å². The first-order valence-electron chi connectivity index (χ1n) is 9.33. The number of para-hydroxylation sites is 1. The number of nitrogens with one attached hydrogen (secondary N) is 1. The van der Waals surface area contributed by atoms with Crippen molar-refractivity contribution in [2.45, 2.75) is 37.6 Å². The third kappa shape index (κ3) is 2.59. The number of rotatable bonds is 4. The Morgan fingerprint density at radius 2 is 2.19 bits per heavy atom. The van der Waals surface area contributed by atoms with Gasteiger partial charge in [0.1, 0.15) is 11.4 Å². The highest BCUT2D eigenvalue weighted by Crippen LogP contribution is 2.49. The Morgan fingerprint density at radius 3 is 2.96 bits per heavy atom. The SMILES string of the molecule is CCC[C@@H]1N(C(=O)c2cc(OC)ccn2)CC[C@]12C(=O)Nc1ccccc12. The van der Waals surface area contributed by atoms with Gasteiger partial charge in [-0.05, 0) is 30.5 Å². The molecular weight excluding hydrogens is 342 g/mol. The molecular formula is C21H23N3O3. The molecule has 2 aliphatic rings. The summed E-state index contributed by atoms with van der Waals surface area (Å²) in [5.74, 6) is 0.440. The van der Waals surface area contributed by atoms with Crippen molar-refractivity contribution < 1.29 is 14.3 Å². The summed E-state index contributed by atoms with van der Waals surface area (Å²) in [4.78, 5) is 32.4. The quantitative estimate of drug-likeness (QED) is 0.904. The van der Waals surface area contributed by atoms with Crippen LogP contribution >= 0.6 is 0 Å².